The molecule has 3 heteroatoms. The van der Waals surface area contributed by atoms with Crippen molar-refractivity contribution in [3.05, 3.63) is 23.7 Å². The van der Waals surface area contributed by atoms with Crippen molar-refractivity contribution in [2.24, 2.45) is 5.92 Å². The molecule has 0 spiro atoms. The van der Waals surface area contributed by atoms with Gasteiger partial charge in [-0.3, -0.25) is 0 Å². The zero-order valence-corrected chi connectivity index (χ0v) is 13.3. The summed E-state index contributed by atoms with van der Waals surface area (Å²) in [6.45, 7) is 10.6. The average Bonchev–Trinajstić information content (AvgIpc) is 2.47. The fraction of sp³-hybridized carbons (Fsp3) is 0.750. The number of hydrogen-bond acceptors (Lipinski definition) is 3. The summed E-state index contributed by atoms with van der Waals surface area (Å²) >= 11 is 0. The van der Waals surface area contributed by atoms with Gasteiger partial charge in [-0.25, -0.2) is 0 Å². The Hall–Kier alpha value is -0.800. The van der Waals surface area contributed by atoms with E-state index in [9.17, 15) is 0 Å². The van der Waals surface area contributed by atoms with Gasteiger partial charge in [-0.1, -0.05) is 34.6 Å². The number of ether oxygens (including phenoxy) is 1. The van der Waals surface area contributed by atoms with Crippen molar-refractivity contribution in [3.63, 3.8) is 0 Å². The third kappa shape index (κ3) is 13.4. The Morgan fingerprint density at radius 3 is 1.32 bits per heavy atom. The first-order chi connectivity index (χ1) is 9.09. The van der Waals surface area contributed by atoms with Crippen molar-refractivity contribution in [1.29, 1.82) is 0 Å². The van der Waals surface area contributed by atoms with Crippen LogP contribution in [0.3, 0.4) is 0 Å². The summed E-state index contributed by atoms with van der Waals surface area (Å²) in [4.78, 5) is 0. The van der Waals surface area contributed by atoms with Crippen LogP contribution >= 0.6 is 0 Å². The lowest BCUT2D eigenvalue weighted by molar-refractivity contribution is 0.162. The molecule has 0 saturated carbocycles. The predicted octanol–water partition coefficient (Wildman–Crippen LogP) is 4.02. The Morgan fingerprint density at radius 2 is 1.16 bits per heavy atom. The molecule has 3 nitrogen and oxygen atoms in total. The first-order valence-corrected chi connectivity index (χ1v) is 7.32. The maximum Gasteiger partial charge on any atom is 0.0893 e. The summed E-state index contributed by atoms with van der Waals surface area (Å²) in [6, 6.07) is 0. The third-order valence-electron chi connectivity index (χ3n) is 2.91. The second-order valence-electron chi connectivity index (χ2n) is 4.57. The van der Waals surface area contributed by atoms with Crippen LogP contribution in [0.4, 0.5) is 0 Å². The highest BCUT2D eigenvalue weighted by molar-refractivity contribution is 5.00. The van der Waals surface area contributed by atoms with Gasteiger partial charge in [0, 0.05) is 19.1 Å². The summed E-state index contributed by atoms with van der Waals surface area (Å²) in [6.07, 6.45) is 8.09. The number of aliphatic hydroxyl groups is 2. The van der Waals surface area contributed by atoms with Crippen LogP contribution in [0.25, 0.3) is 0 Å². The van der Waals surface area contributed by atoms with Crippen LogP contribution in [0.15, 0.2) is 23.7 Å². The van der Waals surface area contributed by atoms with Crippen LogP contribution in [0.5, 0.6) is 0 Å². The van der Waals surface area contributed by atoms with E-state index in [-0.39, 0.29) is 19.1 Å². The SMILES string of the molecule is CC(CO)CO.CCC(=COC=C(CC)CC)CC. The van der Waals surface area contributed by atoms with Crippen molar-refractivity contribution in [1.82, 2.24) is 0 Å². The minimum absolute atomic E-state index is 0.0463. The van der Waals surface area contributed by atoms with Gasteiger partial charge in [0.05, 0.1) is 12.5 Å². The number of hydrogen-bond donors (Lipinski definition) is 2. The van der Waals surface area contributed by atoms with E-state index in [1.54, 1.807) is 6.92 Å². The van der Waals surface area contributed by atoms with E-state index in [0.29, 0.717) is 0 Å². The number of aliphatic hydroxyl groups excluding tert-OH is 2. The molecule has 0 radical (unpaired) electrons. The molecule has 114 valence electrons. The van der Waals surface area contributed by atoms with Gasteiger partial charge in [0.15, 0.2) is 0 Å². The van der Waals surface area contributed by atoms with Crippen molar-refractivity contribution in [2.75, 3.05) is 13.2 Å². The topological polar surface area (TPSA) is 49.7 Å². The van der Waals surface area contributed by atoms with Gasteiger partial charge in [-0.2, -0.15) is 0 Å². The van der Waals surface area contributed by atoms with E-state index in [2.05, 4.69) is 27.7 Å². The Bertz CT molecular complexity index is 208. The molecular formula is C16H32O3. The van der Waals surface area contributed by atoms with E-state index < -0.39 is 0 Å². The van der Waals surface area contributed by atoms with Crippen molar-refractivity contribution < 1.29 is 14.9 Å². The van der Waals surface area contributed by atoms with Crippen LogP contribution in [-0.4, -0.2) is 23.4 Å². The highest BCUT2D eigenvalue weighted by atomic mass is 16.5. The van der Waals surface area contributed by atoms with Crippen LogP contribution < -0.4 is 0 Å². The molecule has 0 aliphatic rings. The summed E-state index contributed by atoms with van der Waals surface area (Å²) in [5.74, 6) is 0.0463. The van der Waals surface area contributed by atoms with E-state index in [1.165, 1.54) is 11.1 Å². The standard InChI is InChI=1S/C12H22O.C4H10O2/c1-5-11(6-2)9-13-10-12(7-3)8-4;1-4(2-5)3-6/h9-10H,5-8H2,1-4H3;4-6H,2-3H2,1H3. The first kappa shape index (κ1) is 20.5. The van der Waals surface area contributed by atoms with Gasteiger partial charge >= 0.3 is 0 Å². The van der Waals surface area contributed by atoms with Gasteiger partial charge in [-0.05, 0) is 36.8 Å². The van der Waals surface area contributed by atoms with Crippen molar-refractivity contribution >= 4 is 0 Å². The molecule has 0 aromatic rings. The Kier molecular flexibility index (Phi) is 16.5. The molecule has 0 saturated heterocycles. The Balaban J connectivity index is 0. The van der Waals surface area contributed by atoms with Gasteiger partial charge in [0.2, 0.25) is 0 Å². The second kappa shape index (κ2) is 15.3. The van der Waals surface area contributed by atoms with Gasteiger partial charge < -0.3 is 14.9 Å². The predicted molar refractivity (Wildman–Crippen MR) is 81.8 cm³/mol. The molecule has 0 amide bonds. The van der Waals surface area contributed by atoms with Gasteiger partial charge in [-0.15, -0.1) is 0 Å². The normalized spacial score (nSPS) is 9.47. The largest absolute Gasteiger partial charge is 0.473 e. The molecule has 0 heterocycles. The van der Waals surface area contributed by atoms with Crippen molar-refractivity contribution in [2.45, 2.75) is 60.3 Å². The van der Waals surface area contributed by atoms with E-state index in [1.807, 2.05) is 12.5 Å². The lowest BCUT2D eigenvalue weighted by Crippen LogP contribution is -2.04. The molecule has 0 aliphatic carbocycles. The zero-order valence-electron chi connectivity index (χ0n) is 13.3. The highest BCUT2D eigenvalue weighted by Crippen LogP contribution is 2.08. The molecule has 0 bridgehead atoms. The number of rotatable bonds is 8. The third-order valence-corrected chi connectivity index (χ3v) is 2.91. The summed E-state index contributed by atoms with van der Waals surface area (Å²) < 4.78 is 5.40. The van der Waals surface area contributed by atoms with Crippen LogP contribution in [-0.2, 0) is 4.74 Å². The average molecular weight is 272 g/mol. The second-order valence-corrected chi connectivity index (χ2v) is 4.57. The van der Waals surface area contributed by atoms with Crippen LogP contribution in [0, 0.1) is 5.92 Å². The lowest BCUT2D eigenvalue weighted by atomic mass is 10.2. The molecule has 0 aliphatic heterocycles. The molecule has 19 heavy (non-hydrogen) atoms. The fourth-order valence-electron chi connectivity index (χ4n) is 1.12. The molecule has 0 rings (SSSR count). The van der Waals surface area contributed by atoms with E-state index in [0.717, 1.165) is 25.7 Å². The maximum absolute atomic E-state index is 8.17. The first-order valence-electron chi connectivity index (χ1n) is 7.32. The minimum Gasteiger partial charge on any atom is -0.473 e. The Labute approximate surface area is 119 Å². The molecule has 0 aromatic heterocycles. The molecule has 2 N–H and O–H groups in total. The van der Waals surface area contributed by atoms with E-state index >= 15 is 0 Å². The maximum atomic E-state index is 8.17. The Morgan fingerprint density at radius 1 is 0.842 bits per heavy atom. The van der Waals surface area contributed by atoms with Crippen LogP contribution in [0.2, 0.25) is 0 Å². The molecule has 0 unspecified atom stereocenters. The summed E-state index contributed by atoms with van der Waals surface area (Å²) in [5.41, 5.74) is 2.73. The number of allylic oxidation sites excluding steroid dienone is 2. The molecule has 0 atom stereocenters. The molecular weight excluding hydrogens is 240 g/mol. The quantitative estimate of drug-likeness (QED) is 0.656. The zero-order chi connectivity index (χ0) is 15.1. The summed E-state index contributed by atoms with van der Waals surface area (Å²) in [5, 5.41) is 16.3. The fourth-order valence-corrected chi connectivity index (χ4v) is 1.12. The summed E-state index contributed by atoms with van der Waals surface area (Å²) in [7, 11) is 0. The van der Waals surface area contributed by atoms with Crippen LogP contribution in [0.1, 0.15) is 60.3 Å². The van der Waals surface area contributed by atoms with E-state index in [4.69, 9.17) is 14.9 Å². The molecule has 0 aromatic carbocycles. The smallest absolute Gasteiger partial charge is 0.0893 e. The molecule has 0 fully saturated rings. The van der Waals surface area contributed by atoms with Gasteiger partial charge in [0.1, 0.15) is 0 Å². The lowest BCUT2D eigenvalue weighted by Gasteiger charge is -2.01. The highest BCUT2D eigenvalue weighted by Gasteiger charge is 1.92. The minimum atomic E-state index is 0.0463. The van der Waals surface area contributed by atoms with Gasteiger partial charge in [0.25, 0.3) is 0 Å². The van der Waals surface area contributed by atoms with Crippen molar-refractivity contribution in [3.8, 4) is 0 Å². The monoisotopic (exact) mass is 272 g/mol.